The van der Waals surface area contributed by atoms with Crippen molar-refractivity contribution in [1.29, 1.82) is 0 Å². The van der Waals surface area contributed by atoms with Gasteiger partial charge in [0.25, 0.3) is 0 Å². The van der Waals surface area contributed by atoms with Crippen molar-refractivity contribution in [3.8, 4) is 56.0 Å². The van der Waals surface area contributed by atoms with Crippen molar-refractivity contribution in [2.45, 2.75) is 26.2 Å². The average Bonchev–Trinajstić information content (AvgIpc) is 3.73. The van der Waals surface area contributed by atoms with Gasteiger partial charge in [0, 0.05) is 78.1 Å². The van der Waals surface area contributed by atoms with Crippen molar-refractivity contribution in [2.75, 3.05) is 14.7 Å². The average molecular weight is 929 g/mol. The molecular weight excluding hydrogens is 877 g/mol. The molecule has 4 heterocycles. The molecule has 0 aliphatic carbocycles. The summed E-state index contributed by atoms with van der Waals surface area (Å²) in [4.78, 5) is 15.5. The smallest absolute Gasteiger partial charge is 0.144 e. The number of hydrogen-bond acceptors (Lipinski definition) is 6. The molecule has 2 aromatic heterocycles. The second-order valence-electron chi connectivity index (χ2n) is 16.0. The molecule has 0 atom stereocenters. The second kappa shape index (κ2) is 16.8. The van der Waals surface area contributed by atoms with Crippen LogP contribution in [0.2, 0.25) is 0 Å². The molecule has 0 saturated carbocycles. The van der Waals surface area contributed by atoms with E-state index in [1.54, 1.807) is 42.0 Å². The minimum Gasteiger partial charge on any atom is -0.509 e. The Morgan fingerprint density at radius 1 is 0.562 bits per heavy atom. The Morgan fingerprint density at radius 3 is 1.88 bits per heavy atom. The van der Waals surface area contributed by atoms with Gasteiger partial charge < -0.3 is 19.4 Å². The maximum atomic E-state index is 9.04. The maximum Gasteiger partial charge on any atom is 0.144 e. The summed E-state index contributed by atoms with van der Waals surface area (Å²) in [6, 6.07) is 39.6. The third-order valence-corrected chi connectivity index (χ3v) is 11.1. The fourth-order valence-corrected chi connectivity index (χ4v) is 8.20. The summed E-state index contributed by atoms with van der Waals surface area (Å²) in [5, 5.41) is 0. The zero-order valence-electron chi connectivity index (χ0n) is 44.7. The van der Waals surface area contributed by atoms with Crippen molar-refractivity contribution in [3.63, 3.8) is 0 Å². The van der Waals surface area contributed by atoms with Crippen LogP contribution in [0.1, 0.15) is 40.0 Å². The number of aromatic nitrogens is 2. The van der Waals surface area contributed by atoms with E-state index in [2.05, 4.69) is 57.2 Å². The van der Waals surface area contributed by atoms with Gasteiger partial charge in [-0.05, 0) is 64.1 Å². The van der Waals surface area contributed by atoms with E-state index in [0.29, 0.717) is 45.9 Å². The normalized spacial score (nSPS) is 14.8. The number of rotatable bonds is 7. The molecular formula is C57H42N5OPd-3. The number of fused-ring (bicyclic) bond motifs is 6. The minimum absolute atomic E-state index is 0. The van der Waals surface area contributed by atoms with E-state index in [0.717, 1.165) is 27.8 Å². The zero-order valence-corrected chi connectivity index (χ0v) is 36.3. The Bertz CT molecular complexity index is 3610. The van der Waals surface area contributed by atoms with Crippen molar-refractivity contribution >= 4 is 40.1 Å². The van der Waals surface area contributed by atoms with E-state index in [1.165, 1.54) is 0 Å². The Morgan fingerprint density at radius 2 is 1.17 bits per heavy atom. The largest absolute Gasteiger partial charge is 0.509 e. The maximum absolute atomic E-state index is 9.04. The van der Waals surface area contributed by atoms with E-state index in [-0.39, 0.29) is 53.8 Å². The van der Waals surface area contributed by atoms with Gasteiger partial charge in [-0.15, -0.1) is 48.3 Å². The van der Waals surface area contributed by atoms with Gasteiger partial charge in [0.2, 0.25) is 0 Å². The van der Waals surface area contributed by atoms with Crippen LogP contribution in [0.25, 0.3) is 44.5 Å². The molecule has 7 aromatic carbocycles. The Hall–Kier alpha value is -7.30. The Balaban J connectivity index is 0.00000626. The molecule has 6 nitrogen and oxygen atoms in total. The summed E-state index contributed by atoms with van der Waals surface area (Å²) in [5.74, 6) is 2.09. The molecule has 2 aliphatic rings. The molecule has 0 saturated heterocycles. The third kappa shape index (κ3) is 7.33. The predicted octanol–water partition coefficient (Wildman–Crippen LogP) is 15.0. The molecule has 0 radical (unpaired) electrons. The fourth-order valence-electron chi connectivity index (χ4n) is 8.20. The van der Waals surface area contributed by atoms with Crippen LogP contribution < -0.4 is 19.4 Å². The van der Waals surface area contributed by atoms with Crippen LogP contribution in [0.3, 0.4) is 0 Å². The van der Waals surface area contributed by atoms with E-state index in [9.17, 15) is 0 Å². The third-order valence-electron chi connectivity index (χ3n) is 11.1. The summed E-state index contributed by atoms with van der Waals surface area (Å²) >= 11 is 0. The van der Waals surface area contributed by atoms with E-state index >= 15 is 0 Å². The summed E-state index contributed by atoms with van der Waals surface area (Å²) in [5.41, 5.74) is 7.51. The van der Waals surface area contributed by atoms with Gasteiger partial charge in [-0.25, -0.2) is 9.97 Å². The van der Waals surface area contributed by atoms with Crippen LogP contribution in [0, 0.1) is 18.8 Å². The molecule has 11 rings (SSSR count). The first-order valence-electron chi connectivity index (χ1n) is 25.4. The topological polar surface area (TPSA) is 44.7 Å². The van der Waals surface area contributed by atoms with Gasteiger partial charge in [0.1, 0.15) is 11.6 Å². The Kier molecular flexibility index (Phi) is 8.04. The Labute approximate surface area is 402 Å². The molecule has 2 aliphatic heterocycles. The van der Waals surface area contributed by atoms with Crippen LogP contribution >= 0.6 is 0 Å². The number of pyridine rings is 2. The second-order valence-corrected chi connectivity index (χ2v) is 16.0. The van der Waals surface area contributed by atoms with Crippen molar-refractivity contribution in [1.82, 2.24) is 9.97 Å². The van der Waals surface area contributed by atoms with Crippen LogP contribution in [0.15, 0.2) is 194 Å². The van der Waals surface area contributed by atoms with Gasteiger partial charge in [-0.3, -0.25) is 0 Å². The monoisotopic (exact) mass is 928 g/mol. The molecule has 7 heteroatoms. The first-order valence-corrected chi connectivity index (χ1v) is 20.4. The molecule has 0 amide bonds. The van der Waals surface area contributed by atoms with Crippen molar-refractivity contribution in [3.05, 3.63) is 219 Å². The molecule has 314 valence electrons. The van der Waals surface area contributed by atoms with Gasteiger partial charge >= 0.3 is 0 Å². The molecule has 64 heavy (non-hydrogen) atoms. The van der Waals surface area contributed by atoms with E-state index in [1.807, 2.05) is 88.8 Å². The number of ether oxygens (including phenoxy) is 1. The van der Waals surface area contributed by atoms with Crippen LogP contribution in [0.4, 0.5) is 40.1 Å². The summed E-state index contributed by atoms with van der Waals surface area (Å²) in [6.07, 6.45) is 3.59. The first kappa shape index (κ1) is 30.7. The number of anilines is 7. The van der Waals surface area contributed by atoms with Crippen LogP contribution in [-0.2, 0) is 25.8 Å². The molecule has 0 N–H and O–H groups in total. The standard InChI is InChI=1S/C57H42N5O.Pd/c1-57(2,3)41-32-34-58-54(35-41)62-53-37-44(30-31-49(53)47-23-10-11-24-48(47)50-27-16-33-59-56(50)62)63-43-22-14-21-42(36-43)60-38-61(52-29-13-12-28-51(52)60)55-45(39-17-6-4-7-18-39)25-15-26-46(55)40-19-8-5-9-20-40;/h4-35,38H,1-3H3;/q-3;/i4D,5D,6D,7D,8D,9D,17D,18D,19D,20D;. The zero-order chi connectivity index (χ0) is 51.2. The van der Waals surface area contributed by atoms with Crippen molar-refractivity contribution in [2.24, 2.45) is 0 Å². The van der Waals surface area contributed by atoms with Gasteiger partial charge in [-0.1, -0.05) is 147 Å². The quantitative estimate of drug-likeness (QED) is 0.117. The minimum atomic E-state index is -0.569. The van der Waals surface area contributed by atoms with Crippen molar-refractivity contribution < 1.29 is 38.9 Å². The molecule has 0 fully saturated rings. The molecule has 0 bridgehead atoms. The van der Waals surface area contributed by atoms with E-state index in [4.69, 9.17) is 28.4 Å². The number of para-hydroxylation sites is 3. The van der Waals surface area contributed by atoms with Gasteiger partial charge in [0.15, 0.2) is 0 Å². The van der Waals surface area contributed by atoms with Crippen LogP contribution in [0.5, 0.6) is 11.5 Å². The number of benzene rings is 7. The fraction of sp³-hybridized carbons (Fsp3) is 0.0702. The SMILES string of the molecule is [2H]c1c([2H])c([2H])c(-c2cccc(-c3c([2H])c([2H])c([2H])c([2H])c3[2H])c2N2[CH-]N(c3[c-]c(Oc4[c-]c5c(cc4)-c4ccccc4-c4cccnc4N5c4cc(C(C)(C)C)ccn4)ccc3)c3ccccc32)c([2H])c1[2H].[Pd]. The molecule has 9 aromatic rings. The first-order chi connectivity index (χ1) is 35.0. The summed E-state index contributed by atoms with van der Waals surface area (Å²) < 4.78 is 93.9. The van der Waals surface area contributed by atoms with Crippen LogP contribution in [-0.4, -0.2) is 9.97 Å². The summed E-state index contributed by atoms with van der Waals surface area (Å²) in [6.45, 7) is 8.22. The van der Waals surface area contributed by atoms with E-state index < -0.39 is 60.4 Å². The van der Waals surface area contributed by atoms with Gasteiger partial charge in [-0.2, -0.15) is 12.1 Å². The number of hydrogen-bond donors (Lipinski definition) is 0. The molecule has 0 unspecified atom stereocenters. The predicted molar refractivity (Wildman–Crippen MR) is 256 cm³/mol. The van der Waals surface area contributed by atoms with Gasteiger partial charge in [0.05, 0.1) is 13.7 Å². The number of nitrogens with zero attached hydrogens (tertiary/aromatic N) is 5. The summed E-state index contributed by atoms with van der Waals surface area (Å²) in [7, 11) is 0. The molecule has 0 spiro atoms.